The molecule has 0 heterocycles. The Morgan fingerprint density at radius 2 is 1.92 bits per heavy atom. The Morgan fingerprint density at radius 1 is 1.31 bits per heavy atom. The maximum atomic E-state index is 10.8. The van der Waals surface area contributed by atoms with Gasteiger partial charge in [-0.1, -0.05) is 6.92 Å². The first-order valence-corrected chi connectivity index (χ1v) is 6.56. The molecule has 0 aliphatic heterocycles. The highest BCUT2D eigenvalue weighted by Gasteiger charge is 2.06. The SMILES string of the molecule is CCN(CCCO)CCS(C)(=O)=O. The molecule has 0 fully saturated rings. The summed E-state index contributed by atoms with van der Waals surface area (Å²) in [5, 5.41) is 8.59. The van der Waals surface area contributed by atoms with Crippen molar-refractivity contribution in [2.75, 3.05) is 38.2 Å². The van der Waals surface area contributed by atoms with E-state index in [0.717, 1.165) is 13.1 Å². The lowest BCUT2D eigenvalue weighted by molar-refractivity contribution is 0.237. The molecule has 0 aromatic carbocycles. The topological polar surface area (TPSA) is 57.6 Å². The van der Waals surface area contributed by atoms with Crippen molar-refractivity contribution in [3.05, 3.63) is 0 Å². The number of nitrogens with zero attached hydrogens (tertiary/aromatic N) is 1. The standard InChI is InChI=1S/C8H19NO3S/c1-3-9(5-4-7-10)6-8-13(2,11)12/h10H,3-8H2,1-2H3. The predicted octanol–water partition coefficient (Wildman–Crippen LogP) is -0.265. The van der Waals surface area contributed by atoms with E-state index in [4.69, 9.17) is 5.11 Å². The van der Waals surface area contributed by atoms with Crippen molar-refractivity contribution in [2.24, 2.45) is 0 Å². The third-order valence-electron chi connectivity index (χ3n) is 1.86. The van der Waals surface area contributed by atoms with E-state index in [1.807, 2.05) is 11.8 Å². The van der Waals surface area contributed by atoms with Gasteiger partial charge in [0, 0.05) is 26.0 Å². The van der Waals surface area contributed by atoms with Crippen LogP contribution in [0.15, 0.2) is 0 Å². The van der Waals surface area contributed by atoms with Gasteiger partial charge in [-0.25, -0.2) is 8.42 Å². The van der Waals surface area contributed by atoms with Crippen LogP contribution in [0.25, 0.3) is 0 Å². The fourth-order valence-corrected chi connectivity index (χ4v) is 1.61. The van der Waals surface area contributed by atoms with E-state index in [1.54, 1.807) is 0 Å². The number of aliphatic hydroxyl groups is 1. The number of aliphatic hydroxyl groups excluding tert-OH is 1. The van der Waals surface area contributed by atoms with E-state index in [9.17, 15) is 8.42 Å². The Bertz CT molecular complexity index is 213. The van der Waals surface area contributed by atoms with Crippen LogP contribution < -0.4 is 0 Å². The van der Waals surface area contributed by atoms with Crippen molar-refractivity contribution in [2.45, 2.75) is 13.3 Å². The lowest BCUT2D eigenvalue weighted by Crippen LogP contribution is -2.30. The lowest BCUT2D eigenvalue weighted by Gasteiger charge is -2.18. The second-order valence-electron chi connectivity index (χ2n) is 3.14. The second-order valence-corrected chi connectivity index (χ2v) is 5.40. The van der Waals surface area contributed by atoms with Crippen LogP contribution in [0.5, 0.6) is 0 Å². The van der Waals surface area contributed by atoms with Crippen molar-refractivity contribution >= 4 is 9.84 Å². The maximum Gasteiger partial charge on any atom is 0.148 e. The van der Waals surface area contributed by atoms with Gasteiger partial charge in [0.2, 0.25) is 0 Å². The Morgan fingerprint density at radius 3 is 2.31 bits per heavy atom. The third kappa shape index (κ3) is 8.21. The molecule has 0 spiro atoms. The first-order valence-electron chi connectivity index (χ1n) is 4.50. The molecule has 4 nitrogen and oxygen atoms in total. The molecule has 1 N–H and O–H groups in total. The predicted molar refractivity (Wildman–Crippen MR) is 53.5 cm³/mol. The first kappa shape index (κ1) is 12.9. The summed E-state index contributed by atoms with van der Waals surface area (Å²) in [6, 6.07) is 0. The molecule has 80 valence electrons. The molecule has 0 radical (unpaired) electrons. The highest BCUT2D eigenvalue weighted by molar-refractivity contribution is 7.90. The van der Waals surface area contributed by atoms with Gasteiger partial charge < -0.3 is 10.0 Å². The van der Waals surface area contributed by atoms with Gasteiger partial charge in [0.25, 0.3) is 0 Å². The van der Waals surface area contributed by atoms with Gasteiger partial charge in [0.15, 0.2) is 0 Å². The zero-order valence-electron chi connectivity index (χ0n) is 8.36. The quantitative estimate of drug-likeness (QED) is 0.627. The number of hydrogen-bond donors (Lipinski definition) is 1. The van der Waals surface area contributed by atoms with Crippen LogP contribution in [0.4, 0.5) is 0 Å². The van der Waals surface area contributed by atoms with Crippen LogP contribution in [0, 0.1) is 0 Å². The fourth-order valence-electron chi connectivity index (χ4n) is 1.02. The van der Waals surface area contributed by atoms with Crippen LogP contribution in [-0.4, -0.2) is 56.7 Å². The van der Waals surface area contributed by atoms with Crippen molar-refractivity contribution in [1.29, 1.82) is 0 Å². The molecular formula is C8H19NO3S. The Kier molecular flexibility index (Phi) is 6.28. The summed E-state index contributed by atoms with van der Waals surface area (Å²) in [5.74, 6) is 0.201. The average molecular weight is 209 g/mol. The molecule has 0 rings (SSSR count). The maximum absolute atomic E-state index is 10.8. The molecule has 0 unspecified atom stereocenters. The largest absolute Gasteiger partial charge is 0.396 e. The molecule has 0 aromatic rings. The van der Waals surface area contributed by atoms with E-state index in [2.05, 4.69) is 0 Å². The summed E-state index contributed by atoms with van der Waals surface area (Å²) in [7, 11) is -2.86. The van der Waals surface area contributed by atoms with Crippen LogP contribution >= 0.6 is 0 Å². The lowest BCUT2D eigenvalue weighted by atomic mass is 10.4. The van der Waals surface area contributed by atoms with Gasteiger partial charge in [0.1, 0.15) is 9.84 Å². The van der Waals surface area contributed by atoms with E-state index < -0.39 is 9.84 Å². The van der Waals surface area contributed by atoms with Gasteiger partial charge in [-0.15, -0.1) is 0 Å². The molecule has 0 aliphatic carbocycles. The first-order chi connectivity index (χ1) is 5.99. The normalized spacial score (nSPS) is 12.3. The minimum Gasteiger partial charge on any atom is -0.396 e. The van der Waals surface area contributed by atoms with Crippen molar-refractivity contribution < 1.29 is 13.5 Å². The summed E-state index contributed by atoms with van der Waals surface area (Å²) in [5.41, 5.74) is 0. The molecular weight excluding hydrogens is 190 g/mol. The minimum absolute atomic E-state index is 0.162. The van der Waals surface area contributed by atoms with Crippen LogP contribution in [0.1, 0.15) is 13.3 Å². The Hall–Kier alpha value is -0.130. The smallest absolute Gasteiger partial charge is 0.148 e. The number of hydrogen-bond acceptors (Lipinski definition) is 4. The van der Waals surface area contributed by atoms with Crippen LogP contribution in [0.2, 0.25) is 0 Å². The van der Waals surface area contributed by atoms with Gasteiger partial charge in [-0.05, 0) is 13.0 Å². The second kappa shape index (κ2) is 6.34. The molecule has 13 heavy (non-hydrogen) atoms. The number of sulfone groups is 1. The molecule has 0 saturated heterocycles. The van der Waals surface area contributed by atoms with Crippen molar-refractivity contribution in [1.82, 2.24) is 4.90 Å². The monoisotopic (exact) mass is 209 g/mol. The highest BCUT2D eigenvalue weighted by Crippen LogP contribution is 1.93. The van der Waals surface area contributed by atoms with E-state index >= 15 is 0 Å². The molecule has 0 atom stereocenters. The summed E-state index contributed by atoms with van der Waals surface area (Å²) < 4.78 is 21.7. The van der Waals surface area contributed by atoms with Crippen molar-refractivity contribution in [3.8, 4) is 0 Å². The van der Waals surface area contributed by atoms with Gasteiger partial charge >= 0.3 is 0 Å². The summed E-state index contributed by atoms with van der Waals surface area (Å²) >= 11 is 0. The van der Waals surface area contributed by atoms with E-state index in [0.29, 0.717) is 13.0 Å². The molecule has 0 aromatic heterocycles. The fraction of sp³-hybridized carbons (Fsp3) is 1.00. The summed E-state index contributed by atoms with van der Waals surface area (Å²) in [4.78, 5) is 2.03. The Balaban J connectivity index is 3.72. The zero-order chi connectivity index (χ0) is 10.3. The van der Waals surface area contributed by atoms with Crippen molar-refractivity contribution in [3.63, 3.8) is 0 Å². The van der Waals surface area contributed by atoms with Gasteiger partial charge in [0.05, 0.1) is 5.75 Å². The highest BCUT2D eigenvalue weighted by atomic mass is 32.2. The third-order valence-corrected chi connectivity index (χ3v) is 2.78. The Labute approximate surface area is 80.5 Å². The summed E-state index contributed by atoms with van der Waals surface area (Å²) in [6.45, 7) is 4.31. The molecule has 0 saturated carbocycles. The summed E-state index contributed by atoms with van der Waals surface area (Å²) in [6.07, 6.45) is 1.95. The van der Waals surface area contributed by atoms with E-state index in [1.165, 1.54) is 6.26 Å². The van der Waals surface area contributed by atoms with E-state index in [-0.39, 0.29) is 12.4 Å². The number of rotatable bonds is 7. The molecule has 0 bridgehead atoms. The molecule has 0 aliphatic rings. The van der Waals surface area contributed by atoms with Crippen LogP contribution in [-0.2, 0) is 9.84 Å². The zero-order valence-corrected chi connectivity index (χ0v) is 9.18. The molecule has 5 heteroatoms. The van der Waals surface area contributed by atoms with Gasteiger partial charge in [-0.2, -0.15) is 0 Å². The average Bonchev–Trinajstić information content (AvgIpc) is 2.03. The minimum atomic E-state index is -2.86. The van der Waals surface area contributed by atoms with Crippen LogP contribution in [0.3, 0.4) is 0 Å². The van der Waals surface area contributed by atoms with Gasteiger partial charge in [-0.3, -0.25) is 0 Å². The molecule has 0 amide bonds.